The van der Waals surface area contributed by atoms with Crippen molar-refractivity contribution in [3.8, 4) is 0 Å². The first-order valence-corrected chi connectivity index (χ1v) is 5.11. The van der Waals surface area contributed by atoms with Crippen LogP contribution in [0.25, 0.3) is 0 Å². The standard InChI is InChI=1S/C11H15N3O3/c1-2-14(6-10(13)15)9-5-7(12)3-4-8(9)11(16)17/h3-5H,2,6,12H2,1H3,(H2,13,15)(H,16,17). The van der Waals surface area contributed by atoms with Gasteiger partial charge in [-0.2, -0.15) is 0 Å². The van der Waals surface area contributed by atoms with E-state index in [1.54, 1.807) is 11.8 Å². The highest BCUT2D eigenvalue weighted by Crippen LogP contribution is 2.23. The maximum Gasteiger partial charge on any atom is 0.337 e. The van der Waals surface area contributed by atoms with Crippen molar-refractivity contribution in [3.05, 3.63) is 23.8 Å². The van der Waals surface area contributed by atoms with Gasteiger partial charge in [0.15, 0.2) is 0 Å². The number of hydrogen-bond donors (Lipinski definition) is 3. The van der Waals surface area contributed by atoms with E-state index >= 15 is 0 Å². The Labute approximate surface area is 98.8 Å². The fraction of sp³-hybridized carbons (Fsp3) is 0.273. The van der Waals surface area contributed by atoms with Crippen LogP contribution in [0.15, 0.2) is 18.2 Å². The average Bonchev–Trinajstić information content (AvgIpc) is 2.25. The highest BCUT2D eigenvalue weighted by Gasteiger charge is 2.16. The number of nitrogens with zero attached hydrogens (tertiary/aromatic N) is 1. The third kappa shape index (κ3) is 3.10. The molecule has 0 saturated heterocycles. The van der Waals surface area contributed by atoms with Crippen LogP contribution in [0.1, 0.15) is 17.3 Å². The van der Waals surface area contributed by atoms with E-state index < -0.39 is 11.9 Å². The Bertz CT molecular complexity index is 446. The van der Waals surface area contributed by atoms with Crippen LogP contribution in [0, 0.1) is 0 Å². The lowest BCUT2D eigenvalue weighted by molar-refractivity contribution is -0.116. The van der Waals surface area contributed by atoms with Crippen LogP contribution in [-0.4, -0.2) is 30.1 Å². The summed E-state index contributed by atoms with van der Waals surface area (Å²) in [6.45, 7) is 2.23. The van der Waals surface area contributed by atoms with Gasteiger partial charge in [0.1, 0.15) is 0 Å². The molecule has 5 N–H and O–H groups in total. The molecule has 1 rings (SSSR count). The van der Waals surface area contributed by atoms with Crippen LogP contribution in [0.4, 0.5) is 11.4 Å². The molecule has 0 fully saturated rings. The monoisotopic (exact) mass is 237 g/mol. The Balaban J connectivity index is 3.20. The maximum absolute atomic E-state index is 11.1. The normalized spacial score (nSPS) is 9.94. The number of aromatic carboxylic acids is 1. The molecule has 0 aliphatic heterocycles. The van der Waals surface area contributed by atoms with Gasteiger partial charge in [-0.3, -0.25) is 4.79 Å². The molecule has 6 nitrogen and oxygen atoms in total. The van der Waals surface area contributed by atoms with Gasteiger partial charge in [-0.1, -0.05) is 0 Å². The number of carboxylic acid groups (broad SMARTS) is 1. The Hall–Kier alpha value is -2.24. The largest absolute Gasteiger partial charge is 0.478 e. The number of carbonyl (C=O) groups excluding carboxylic acids is 1. The van der Waals surface area contributed by atoms with E-state index in [1.807, 2.05) is 0 Å². The van der Waals surface area contributed by atoms with Gasteiger partial charge in [0.25, 0.3) is 0 Å². The van der Waals surface area contributed by atoms with Gasteiger partial charge in [0, 0.05) is 12.2 Å². The minimum atomic E-state index is -1.07. The molecule has 1 aromatic rings. The minimum absolute atomic E-state index is 0.0414. The molecule has 6 heteroatoms. The SMILES string of the molecule is CCN(CC(N)=O)c1cc(N)ccc1C(=O)O. The molecule has 1 aromatic carbocycles. The molecule has 0 aliphatic rings. The smallest absolute Gasteiger partial charge is 0.337 e. The molecule has 17 heavy (non-hydrogen) atoms. The second kappa shape index (κ2) is 5.20. The number of hydrogen-bond acceptors (Lipinski definition) is 4. The predicted molar refractivity (Wildman–Crippen MR) is 64.9 cm³/mol. The molecule has 1 amide bonds. The Morgan fingerprint density at radius 3 is 2.53 bits per heavy atom. The summed E-state index contributed by atoms with van der Waals surface area (Å²) in [6.07, 6.45) is 0. The van der Waals surface area contributed by atoms with Crippen molar-refractivity contribution in [3.63, 3.8) is 0 Å². The molecule has 0 spiro atoms. The summed E-state index contributed by atoms with van der Waals surface area (Å²) in [5.74, 6) is -1.59. The van der Waals surface area contributed by atoms with Crippen molar-refractivity contribution >= 4 is 23.3 Å². The van der Waals surface area contributed by atoms with E-state index in [2.05, 4.69) is 0 Å². The zero-order chi connectivity index (χ0) is 13.0. The van der Waals surface area contributed by atoms with Gasteiger partial charge >= 0.3 is 5.97 Å². The molecule has 0 radical (unpaired) electrons. The first-order valence-electron chi connectivity index (χ1n) is 5.11. The van der Waals surface area contributed by atoms with Crippen LogP contribution in [-0.2, 0) is 4.79 Å². The van der Waals surface area contributed by atoms with Crippen LogP contribution in [0.2, 0.25) is 0 Å². The highest BCUT2D eigenvalue weighted by atomic mass is 16.4. The third-order valence-electron chi connectivity index (χ3n) is 2.32. The molecular formula is C11H15N3O3. The number of carbonyl (C=O) groups is 2. The molecule has 0 saturated carbocycles. The summed E-state index contributed by atoms with van der Waals surface area (Å²) >= 11 is 0. The molecule has 0 unspecified atom stereocenters. The van der Waals surface area contributed by atoms with Gasteiger partial charge < -0.3 is 21.5 Å². The molecule has 0 heterocycles. The molecule has 92 valence electrons. The fourth-order valence-corrected chi connectivity index (χ4v) is 1.55. The number of nitrogen functional groups attached to an aromatic ring is 1. The number of likely N-dealkylation sites (N-methyl/N-ethyl adjacent to an activating group) is 1. The van der Waals surface area contributed by atoms with E-state index in [4.69, 9.17) is 16.6 Å². The summed E-state index contributed by atoms with van der Waals surface area (Å²) < 4.78 is 0. The fourth-order valence-electron chi connectivity index (χ4n) is 1.55. The Morgan fingerprint density at radius 2 is 2.06 bits per heavy atom. The third-order valence-corrected chi connectivity index (χ3v) is 2.32. The first-order chi connectivity index (χ1) is 7.95. The van der Waals surface area contributed by atoms with Crippen LogP contribution in [0.3, 0.4) is 0 Å². The molecular weight excluding hydrogens is 222 g/mol. The lowest BCUT2D eigenvalue weighted by Crippen LogP contribution is -2.34. The Kier molecular flexibility index (Phi) is 3.92. The van der Waals surface area contributed by atoms with Crippen molar-refractivity contribution in [2.24, 2.45) is 5.73 Å². The van der Waals surface area contributed by atoms with Crippen molar-refractivity contribution in [1.29, 1.82) is 0 Å². The van der Waals surface area contributed by atoms with Crippen molar-refractivity contribution in [2.75, 3.05) is 23.7 Å². The van der Waals surface area contributed by atoms with Crippen molar-refractivity contribution < 1.29 is 14.7 Å². The number of carboxylic acids is 1. The number of amides is 1. The number of rotatable bonds is 5. The molecule has 0 aliphatic carbocycles. The maximum atomic E-state index is 11.1. The van der Waals surface area contributed by atoms with E-state index in [9.17, 15) is 9.59 Å². The van der Waals surface area contributed by atoms with Crippen molar-refractivity contribution in [2.45, 2.75) is 6.92 Å². The molecule has 0 bridgehead atoms. The van der Waals surface area contributed by atoms with Gasteiger partial charge in [-0.05, 0) is 25.1 Å². The number of nitrogens with two attached hydrogens (primary N) is 2. The summed E-state index contributed by atoms with van der Waals surface area (Å²) in [5.41, 5.74) is 11.7. The van der Waals surface area contributed by atoms with Gasteiger partial charge in [-0.15, -0.1) is 0 Å². The topological polar surface area (TPSA) is 110 Å². The van der Waals surface area contributed by atoms with Gasteiger partial charge in [0.05, 0.1) is 17.8 Å². The predicted octanol–water partition coefficient (Wildman–Crippen LogP) is 0.279. The Morgan fingerprint density at radius 1 is 1.41 bits per heavy atom. The number of primary amides is 1. The lowest BCUT2D eigenvalue weighted by atomic mass is 10.1. The number of anilines is 2. The molecule has 0 atom stereocenters. The summed E-state index contributed by atoms with van der Waals surface area (Å²) in [6, 6.07) is 4.44. The summed E-state index contributed by atoms with van der Waals surface area (Å²) in [7, 11) is 0. The van der Waals surface area contributed by atoms with Crippen LogP contribution in [0.5, 0.6) is 0 Å². The van der Waals surface area contributed by atoms with Gasteiger partial charge in [-0.25, -0.2) is 4.79 Å². The average molecular weight is 237 g/mol. The quantitative estimate of drug-likeness (QED) is 0.637. The first kappa shape index (κ1) is 12.8. The second-order valence-electron chi connectivity index (χ2n) is 3.56. The summed E-state index contributed by atoms with van der Waals surface area (Å²) in [4.78, 5) is 23.5. The van der Waals surface area contributed by atoms with E-state index in [0.717, 1.165) is 0 Å². The minimum Gasteiger partial charge on any atom is -0.478 e. The van der Waals surface area contributed by atoms with E-state index in [0.29, 0.717) is 17.9 Å². The lowest BCUT2D eigenvalue weighted by Gasteiger charge is -2.23. The van der Waals surface area contributed by atoms with E-state index in [1.165, 1.54) is 18.2 Å². The number of benzene rings is 1. The van der Waals surface area contributed by atoms with Gasteiger partial charge in [0.2, 0.25) is 5.91 Å². The van der Waals surface area contributed by atoms with Crippen LogP contribution < -0.4 is 16.4 Å². The summed E-state index contributed by atoms with van der Waals surface area (Å²) in [5, 5.41) is 9.05. The molecule has 0 aromatic heterocycles. The van der Waals surface area contributed by atoms with E-state index in [-0.39, 0.29) is 12.1 Å². The zero-order valence-electron chi connectivity index (χ0n) is 9.51. The highest BCUT2D eigenvalue weighted by molar-refractivity contribution is 5.96. The second-order valence-corrected chi connectivity index (χ2v) is 3.56. The van der Waals surface area contributed by atoms with Crippen LogP contribution >= 0.6 is 0 Å². The zero-order valence-corrected chi connectivity index (χ0v) is 9.51. The van der Waals surface area contributed by atoms with Crippen molar-refractivity contribution in [1.82, 2.24) is 0 Å².